The summed E-state index contributed by atoms with van der Waals surface area (Å²) in [6.07, 6.45) is 8.93. The van der Waals surface area contributed by atoms with Crippen LogP contribution in [0.1, 0.15) is 58.8 Å². The van der Waals surface area contributed by atoms with E-state index in [1.54, 1.807) is 0 Å². The fraction of sp³-hybridized carbons (Fsp3) is 0.818. The fourth-order valence-electron chi connectivity index (χ4n) is 1.13. The standard InChI is InChI=1S/C11H21/c1-4-6-7-8-9-10-11(3)5-2/h3H,4-10H2,1-2H3. The third-order valence-electron chi connectivity index (χ3n) is 2.06. The maximum Gasteiger partial charge on any atom is -0.0317 e. The van der Waals surface area contributed by atoms with Crippen molar-refractivity contribution in [1.82, 2.24) is 0 Å². The second-order valence-corrected chi connectivity index (χ2v) is 3.18. The van der Waals surface area contributed by atoms with E-state index in [9.17, 15) is 0 Å². The summed E-state index contributed by atoms with van der Waals surface area (Å²) in [7, 11) is 0. The van der Waals surface area contributed by atoms with Crippen molar-refractivity contribution in [2.24, 2.45) is 0 Å². The second-order valence-electron chi connectivity index (χ2n) is 3.18. The van der Waals surface area contributed by atoms with Gasteiger partial charge in [-0.1, -0.05) is 51.7 Å². The Hall–Kier alpha value is -0.260. The van der Waals surface area contributed by atoms with Gasteiger partial charge in [0.05, 0.1) is 0 Å². The van der Waals surface area contributed by atoms with Gasteiger partial charge in [0.2, 0.25) is 0 Å². The average molecular weight is 153 g/mol. The van der Waals surface area contributed by atoms with Gasteiger partial charge >= 0.3 is 0 Å². The molecule has 0 nitrogen and oxygen atoms in total. The third-order valence-corrected chi connectivity index (χ3v) is 2.06. The van der Waals surface area contributed by atoms with Crippen LogP contribution >= 0.6 is 0 Å². The van der Waals surface area contributed by atoms with Crippen LogP contribution in [0.15, 0.2) is 5.57 Å². The molecule has 0 aromatic heterocycles. The van der Waals surface area contributed by atoms with E-state index in [2.05, 4.69) is 13.8 Å². The Morgan fingerprint density at radius 2 is 1.64 bits per heavy atom. The van der Waals surface area contributed by atoms with E-state index in [0.29, 0.717) is 0 Å². The van der Waals surface area contributed by atoms with Crippen molar-refractivity contribution in [2.75, 3.05) is 0 Å². The molecule has 0 heterocycles. The zero-order valence-corrected chi connectivity index (χ0v) is 8.03. The zero-order valence-electron chi connectivity index (χ0n) is 8.03. The Bertz CT molecular complexity index is 92.2. The molecule has 0 spiro atoms. The van der Waals surface area contributed by atoms with Crippen LogP contribution in [0.4, 0.5) is 0 Å². The maximum atomic E-state index is 5.70. The van der Waals surface area contributed by atoms with Crippen LogP contribution < -0.4 is 0 Å². The minimum atomic E-state index is 1.05. The van der Waals surface area contributed by atoms with E-state index in [4.69, 9.17) is 6.58 Å². The van der Waals surface area contributed by atoms with Crippen LogP contribution in [0.2, 0.25) is 0 Å². The second kappa shape index (κ2) is 7.84. The summed E-state index contributed by atoms with van der Waals surface area (Å²) in [5, 5.41) is 0. The molecule has 0 aliphatic heterocycles. The van der Waals surface area contributed by atoms with Crippen LogP contribution in [-0.2, 0) is 0 Å². The van der Waals surface area contributed by atoms with E-state index in [0.717, 1.165) is 12.8 Å². The molecule has 0 fully saturated rings. The van der Waals surface area contributed by atoms with Gasteiger partial charge in [0.25, 0.3) is 0 Å². The summed E-state index contributed by atoms with van der Waals surface area (Å²) >= 11 is 0. The number of unbranched alkanes of at least 4 members (excludes halogenated alkanes) is 4. The molecule has 11 heavy (non-hydrogen) atoms. The van der Waals surface area contributed by atoms with Crippen LogP contribution in [-0.4, -0.2) is 0 Å². The molecule has 0 atom stereocenters. The normalized spacial score (nSPS) is 10.0. The molecule has 0 rings (SSSR count). The van der Waals surface area contributed by atoms with E-state index in [1.165, 1.54) is 37.7 Å². The highest BCUT2D eigenvalue weighted by Crippen LogP contribution is 2.11. The lowest BCUT2D eigenvalue weighted by Crippen LogP contribution is -1.81. The molecule has 0 aromatic rings. The van der Waals surface area contributed by atoms with Gasteiger partial charge in [-0.05, 0) is 19.3 Å². The predicted octanol–water partition coefficient (Wildman–Crippen LogP) is 4.12. The fourth-order valence-corrected chi connectivity index (χ4v) is 1.13. The molecule has 0 aliphatic rings. The lowest BCUT2D eigenvalue weighted by atomic mass is 10.1. The molecule has 0 saturated carbocycles. The molecule has 0 aromatic carbocycles. The van der Waals surface area contributed by atoms with Gasteiger partial charge in [0, 0.05) is 0 Å². The molecule has 0 unspecified atom stereocenters. The highest BCUT2D eigenvalue weighted by molar-refractivity contribution is 4.88. The summed E-state index contributed by atoms with van der Waals surface area (Å²) in [5.41, 5.74) is 1.17. The van der Waals surface area contributed by atoms with Crippen molar-refractivity contribution in [1.29, 1.82) is 0 Å². The summed E-state index contributed by atoms with van der Waals surface area (Å²) < 4.78 is 0. The van der Waals surface area contributed by atoms with E-state index in [-0.39, 0.29) is 0 Å². The van der Waals surface area contributed by atoms with Crippen molar-refractivity contribution in [3.63, 3.8) is 0 Å². The molecule has 0 aliphatic carbocycles. The smallest absolute Gasteiger partial charge is 0.0317 e. The summed E-state index contributed by atoms with van der Waals surface area (Å²) in [5.74, 6) is 0. The van der Waals surface area contributed by atoms with Crippen LogP contribution in [0.5, 0.6) is 0 Å². The molecule has 65 valence electrons. The predicted molar refractivity (Wildman–Crippen MR) is 51.5 cm³/mol. The van der Waals surface area contributed by atoms with Crippen LogP contribution in [0, 0.1) is 6.58 Å². The molecule has 0 N–H and O–H groups in total. The third kappa shape index (κ3) is 7.64. The molecular weight excluding hydrogens is 132 g/mol. The Kier molecular flexibility index (Phi) is 7.66. The van der Waals surface area contributed by atoms with Crippen molar-refractivity contribution < 1.29 is 0 Å². The number of hydrogen-bond acceptors (Lipinski definition) is 0. The quantitative estimate of drug-likeness (QED) is 0.483. The maximum absolute atomic E-state index is 5.70. The molecule has 1 radical (unpaired) electrons. The summed E-state index contributed by atoms with van der Waals surface area (Å²) in [4.78, 5) is 0. The van der Waals surface area contributed by atoms with Crippen LogP contribution in [0.25, 0.3) is 0 Å². The first-order valence-electron chi connectivity index (χ1n) is 4.91. The Morgan fingerprint density at radius 1 is 1.00 bits per heavy atom. The lowest BCUT2D eigenvalue weighted by Gasteiger charge is -2.00. The van der Waals surface area contributed by atoms with Gasteiger partial charge in [0.15, 0.2) is 0 Å². The first-order chi connectivity index (χ1) is 5.31. The van der Waals surface area contributed by atoms with Gasteiger partial charge < -0.3 is 0 Å². The zero-order chi connectivity index (χ0) is 8.53. The van der Waals surface area contributed by atoms with Crippen molar-refractivity contribution in [2.45, 2.75) is 58.8 Å². The molecular formula is C11H21. The van der Waals surface area contributed by atoms with Crippen molar-refractivity contribution >= 4 is 0 Å². The van der Waals surface area contributed by atoms with Gasteiger partial charge in [0.1, 0.15) is 0 Å². The monoisotopic (exact) mass is 153 g/mol. The number of hydrogen-bond donors (Lipinski definition) is 0. The highest BCUT2D eigenvalue weighted by Gasteiger charge is 1.91. The first kappa shape index (κ1) is 10.7. The van der Waals surface area contributed by atoms with Crippen LogP contribution in [0.3, 0.4) is 0 Å². The SMILES string of the molecule is [CH]=C(CC)CCCCCCC. The Morgan fingerprint density at radius 3 is 2.18 bits per heavy atom. The van der Waals surface area contributed by atoms with Crippen molar-refractivity contribution in [3.8, 4) is 0 Å². The molecule has 0 saturated heterocycles. The largest absolute Gasteiger partial charge is 0.0705 e. The summed E-state index contributed by atoms with van der Waals surface area (Å²) in [6, 6.07) is 0. The summed E-state index contributed by atoms with van der Waals surface area (Å²) in [6.45, 7) is 10.1. The molecule has 0 heteroatoms. The van der Waals surface area contributed by atoms with Gasteiger partial charge in [-0.2, -0.15) is 0 Å². The topological polar surface area (TPSA) is 0 Å². The van der Waals surface area contributed by atoms with Gasteiger partial charge in [-0.15, -0.1) is 0 Å². The number of rotatable bonds is 7. The molecule has 0 amide bonds. The van der Waals surface area contributed by atoms with E-state index < -0.39 is 0 Å². The Balaban J connectivity index is 2.95. The molecule has 0 bridgehead atoms. The van der Waals surface area contributed by atoms with Gasteiger partial charge in [-0.3, -0.25) is 0 Å². The van der Waals surface area contributed by atoms with E-state index >= 15 is 0 Å². The lowest BCUT2D eigenvalue weighted by molar-refractivity contribution is 0.626. The van der Waals surface area contributed by atoms with Crippen molar-refractivity contribution in [3.05, 3.63) is 12.2 Å². The van der Waals surface area contributed by atoms with Gasteiger partial charge in [-0.25, -0.2) is 0 Å². The minimum absolute atomic E-state index is 1.05. The minimum Gasteiger partial charge on any atom is -0.0705 e. The average Bonchev–Trinajstić information content (AvgIpc) is 2.04. The Labute approximate surface area is 71.7 Å². The number of allylic oxidation sites excluding steroid dienone is 1. The highest BCUT2D eigenvalue weighted by atomic mass is 14.0. The first-order valence-corrected chi connectivity index (χ1v) is 4.91. The van der Waals surface area contributed by atoms with E-state index in [1.807, 2.05) is 0 Å².